The Kier molecular flexibility index (Phi) is 6.21. The summed E-state index contributed by atoms with van der Waals surface area (Å²) in [4.78, 5) is 25.6. The predicted molar refractivity (Wildman–Crippen MR) is 89.7 cm³/mol. The van der Waals surface area contributed by atoms with Crippen molar-refractivity contribution in [1.29, 1.82) is 0 Å². The van der Waals surface area contributed by atoms with E-state index in [0.29, 0.717) is 12.2 Å². The van der Waals surface area contributed by atoms with E-state index < -0.39 is 0 Å². The lowest BCUT2D eigenvalue weighted by molar-refractivity contribution is 0.0978. The Morgan fingerprint density at radius 1 is 1.10 bits per heavy atom. The maximum Gasteiger partial charge on any atom is 0.182 e. The monoisotopic (exact) mass is 318 g/mol. The molecule has 2 nitrogen and oxygen atoms in total. The SMILES string of the molecule is CCCCC(=O)c1ccc(SCC(=O)c2cccs2)cc1. The van der Waals surface area contributed by atoms with Crippen LogP contribution < -0.4 is 0 Å². The molecule has 2 rings (SSSR count). The first kappa shape index (κ1) is 16.0. The number of carbonyl (C=O) groups is 2. The maximum atomic E-state index is 11.9. The Hall–Kier alpha value is -1.39. The van der Waals surface area contributed by atoms with Crippen LogP contribution in [-0.4, -0.2) is 17.3 Å². The Morgan fingerprint density at radius 3 is 2.48 bits per heavy atom. The molecular formula is C17H18O2S2. The number of thioether (sulfide) groups is 1. The van der Waals surface area contributed by atoms with Crippen molar-refractivity contribution in [1.82, 2.24) is 0 Å². The first-order valence-electron chi connectivity index (χ1n) is 7.03. The zero-order valence-electron chi connectivity index (χ0n) is 12.0. The van der Waals surface area contributed by atoms with E-state index in [0.717, 1.165) is 28.2 Å². The molecule has 0 fully saturated rings. The maximum absolute atomic E-state index is 11.9. The molecule has 0 radical (unpaired) electrons. The highest BCUT2D eigenvalue weighted by Crippen LogP contribution is 2.21. The summed E-state index contributed by atoms with van der Waals surface area (Å²) in [5.74, 6) is 0.782. The summed E-state index contributed by atoms with van der Waals surface area (Å²) in [5, 5.41) is 1.91. The number of hydrogen-bond donors (Lipinski definition) is 0. The Bertz CT molecular complexity index is 586. The van der Waals surface area contributed by atoms with Crippen LogP contribution in [0.3, 0.4) is 0 Å². The van der Waals surface area contributed by atoms with Gasteiger partial charge in [-0.05, 0) is 30.0 Å². The molecule has 0 aliphatic rings. The van der Waals surface area contributed by atoms with Gasteiger partial charge in [0.15, 0.2) is 11.6 Å². The molecule has 0 unspecified atom stereocenters. The third-order valence-electron chi connectivity index (χ3n) is 3.10. The van der Waals surface area contributed by atoms with Crippen LogP contribution in [0.1, 0.15) is 46.2 Å². The first-order valence-corrected chi connectivity index (χ1v) is 8.90. The van der Waals surface area contributed by atoms with E-state index in [2.05, 4.69) is 6.92 Å². The smallest absolute Gasteiger partial charge is 0.182 e. The molecule has 0 aliphatic heterocycles. The van der Waals surface area contributed by atoms with Crippen molar-refractivity contribution in [3.8, 4) is 0 Å². The minimum Gasteiger partial charge on any atom is -0.294 e. The van der Waals surface area contributed by atoms with E-state index in [9.17, 15) is 9.59 Å². The van der Waals surface area contributed by atoms with Crippen LogP contribution in [0.15, 0.2) is 46.7 Å². The van der Waals surface area contributed by atoms with Crippen molar-refractivity contribution in [2.75, 3.05) is 5.75 Å². The average Bonchev–Trinajstić information content (AvgIpc) is 3.05. The van der Waals surface area contributed by atoms with Gasteiger partial charge in [0.25, 0.3) is 0 Å². The molecule has 4 heteroatoms. The lowest BCUT2D eigenvalue weighted by atomic mass is 10.1. The van der Waals surface area contributed by atoms with Gasteiger partial charge in [0.1, 0.15) is 0 Å². The van der Waals surface area contributed by atoms with Gasteiger partial charge in [0, 0.05) is 16.9 Å². The van der Waals surface area contributed by atoms with Crippen LogP contribution in [0.4, 0.5) is 0 Å². The van der Waals surface area contributed by atoms with Gasteiger partial charge < -0.3 is 0 Å². The average molecular weight is 318 g/mol. The lowest BCUT2D eigenvalue weighted by Gasteiger charge is -2.03. The number of ketones is 2. The molecule has 1 heterocycles. The summed E-state index contributed by atoms with van der Waals surface area (Å²) < 4.78 is 0. The number of unbranched alkanes of at least 4 members (excludes halogenated alkanes) is 1. The van der Waals surface area contributed by atoms with Crippen LogP contribution in [0.2, 0.25) is 0 Å². The zero-order chi connectivity index (χ0) is 15.1. The van der Waals surface area contributed by atoms with Gasteiger partial charge in [-0.2, -0.15) is 0 Å². The molecular weight excluding hydrogens is 300 g/mol. The van der Waals surface area contributed by atoms with E-state index in [1.54, 1.807) is 0 Å². The van der Waals surface area contributed by atoms with E-state index >= 15 is 0 Å². The summed E-state index contributed by atoms with van der Waals surface area (Å²) in [6.07, 6.45) is 2.58. The van der Waals surface area contributed by atoms with Crippen LogP contribution in [0.25, 0.3) is 0 Å². The fourth-order valence-electron chi connectivity index (χ4n) is 1.88. The van der Waals surface area contributed by atoms with E-state index in [4.69, 9.17) is 0 Å². The second kappa shape index (κ2) is 8.15. The summed E-state index contributed by atoms with van der Waals surface area (Å²) in [6.45, 7) is 2.08. The van der Waals surface area contributed by atoms with Crippen LogP contribution in [0, 0.1) is 0 Å². The van der Waals surface area contributed by atoms with Gasteiger partial charge >= 0.3 is 0 Å². The summed E-state index contributed by atoms with van der Waals surface area (Å²) in [7, 11) is 0. The highest BCUT2D eigenvalue weighted by Gasteiger charge is 2.08. The van der Waals surface area contributed by atoms with Crippen LogP contribution in [0.5, 0.6) is 0 Å². The fourth-order valence-corrected chi connectivity index (χ4v) is 3.41. The molecule has 0 saturated heterocycles. The van der Waals surface area contributed by atoms with Crippen molar-refractivity contribution >= 4 is 34.7 Å². The normalized spacial score (nSPS) is 10.5. The van der Waals surface area contributed by atoms with E-state index in [1.165, 1.54) is 23.1 Å². The molecule has 0 bridgehead atoms. The van der Waals surface area contributed by atoms with Gasteiger partial charge in [-0.1, -0.05) is 31.5 Å². The number of carbonyl (C=O) groups excluding carboxylic acids is 2. The number of benzene rings is 1. The quantitative estimate of drug-likeness (QED) is 0.502. The summed E-state index contributed by atoms with van der Waals surface area (Å²) in [5.41, 5.74) is 0.761. The van der Waals surface area contributed by atoms with Gasteiger partial charge in [-0.25, -0.2) is 0 Å². The highest BCUT2D eigenvalue weighted by atomic mass is 32.2. The summed E-state index contributed by atoms with van der Waals surface area (Å²) in [6, 6.07) is 11.3. The molecule has 1 aromatic heterocycles. The fraction of sp³-hybridized carbons (Fsp3) is 0.294. The van der Waals surface area contributed by atoms with E-state index in [1.807, 2.05) is 41.8 Å². The van der Waals surface area contributed by atoms with Crippen molar-refractivity contribution in [2.45, 2.75) is 31.1 Å². The topological polar surface area (TPSA) is 34.1 Å². The second-order valence-electron chi connectivity index (χ2n) is 4.74. The van der Waals surface area contributed by atoms with Gasteiger partial charge in [-0.15, -0.1) is 23.1 Å². The third kappa shape index (κ3) is 4.83. The second-order valence-corrected chi connectivity index (χ2v) is 6.74. The van der Waals surface area contributed by atoms with Gasteiger partial charge in [0.05, 0.1) is 10.6 Å². The molecule has 0 saturated carbocycles. The van der Waals surface area contributed by atoms with Crippen LogP contribution >= 0.6 is 23.1 Å². The molecule has 0 N–H and O–H groups in total. The number of rotatable bonds is 8. The molecule has 0 atom stereocenters. The Morgan fingerprint density at radius 2 is 1.86 bits per heavy atom. The van der Waals surface area contributed by atoms with Crippen LogP contribution in [-0.2, 0) is 0 Å². The number of hydrogen-bond acceptors (Lipinski definition) is 4. The van der Waals surface area contributed by atoms with Gasteiger partial charge in [0.2, 0.25) is 0 Å². The van der Waals surface area contributed by atoms with Gasteiger partial charge in [-0.3, -0.25) is 9.59 Å². The Balaban J connectivity index is 1.87. The van der Waals surface area contributed by atoms with Crippen molar-refractivity contribution in [3.05, 3.63) is 52.2 Å². The molecule has 0 aliphatic carbocycles. The molecule has 1 aromatic carbocycles. The molecule has 110 valence electrons. The summed E-state index contributed by atoms with van der Waals surface area (Å²) >= 11 is 2.98. The van der Waals surface area contributed by atoms with Crippen molar-refractivity contribution in [3.63, 3.8) is 0 Å². The molecule has 0 spiro atoms. The number of thiophene rings is 1. The first-order chi connectivity index (χ1) is 10.2. The lowest BCUT2D eigenvalue weighted by Crippen LogP contribution is -2.00. The number of Topliss-reactive ketones (excluding diaryl/α,β-unsaturated/α-hetero) is 2. The highest BCUT2D eigenvalue weighted by molar-refractivity contribution is 8.00. The zero-order valence-corrected chi connectivity index (χ0v) is 13.6. The standard InChI is InChI=1S/C17H18O2S2/c1-2-3-5-15(18)13-7-9-14(10-8-13)21-12-16(19)17-6-4-11-20-17/h4,6-11H,2-3,5,12H2,1H3. The molecule has 0 amide bonds. The molecule has 21 heavy (non-hydrogen) atoms. The van der Waals surface area contributed by atoms with Crippen molar-refractivity contribution in [2.24, 2.45) is 0 Å². The largest absolute Gasteiger partial charge is 0.294 e. The minimum absolute atomic E-state index is 0.151. The molecule has 2 aromatic rings. The predicted octanol–water partition coefficient (Wildman–Crippen LogP) is 5.10. The minimum atomic E-state index is 0.151. The Labute approximate surface area is 133 Å². The van der Waals surface area contributed by atoms with Crippen molar-refractivity contribution < 1.29 is 9.59 Å². The third-order valence-corrected chi connectivity index (χ3v) is 5.02. The van der Waals surface area contributed by atoms with E-state index in [-0.39, 0.29) is 11.6 Å².